The first kappa shape index (κ1) is 18.3. The number of nitrogens with one attached hydrogen (secondary N) is 1. The summed E-state index contributed by atoms with van der Waals surface area (Å²) in [5.74, 6) is -2.44. The molecule has 0 fully saturated rings. The number of alkyl carbamates (subject to hydrolysis) is 1. The highest BCUT2D eigenvalue weighted by Gasteiger charge is 2.38. The maximum atomic E-state index is 14.0. The van der Waals surface area contributed by atoms with Crippen LogP contribution in [0.5, 0.6) is 0 Å². The fourth-order valence-electron chi connectivity index (χ4n) is 2.00. The van der Waals surface area contributed by atoms with Crippen LogP contribution in [0.25, 0.3) is 0 Å². The van der Waals surface area contributed by atoms with Gasteiger partial charge in [-0.2, -0.15) is 0 Å². The molecular formula is C15H20F3NO3. The van der Waals surface area contributed by atoms with Crippen molar-refractivity contribution in [3.63, 3.8) is 0 Å². The van der Waals surface area contributed by atoms with Crippen LogP contribution in [0.1, 0.15) is 32.8 Å². The third-order valence-corrected chi connectivity index (χ3v) is 2.97. The molecule has 0 radical (unpaired) electrons. The lowest BCUT2D eigenvalue weighted by Crippen LogP contribution is -2.50. The summed E-state index contributed by atoms with van der Waals surface area (Å²) in [6, 6.07) is 3.24. The van der Waals surface area contributed by atoms with Gasteiger partial charge in [-0.1, -0.05) is 12.1 Å². The van der Waals surface area contributed by atoms with Crippen LogP contribution >= 0.6 is 0 Å². The molecule has 1 aromatic carbocycles. The maximum absolute atomic E-state index is 14.0. The number of carbonyl (C=O) groups is 1. The number of aliphatic hydroxyl groups excluding tert-OH is 1. The predicted octanol–water partition coefficient (Wildman–Crippen LogP) is 3.04. The number of hydrogen-bond acceptors (Lipinski definition) is 3. The van der Waals surface area contributed by atoms with E-state index in [1.807, 2.05) is 0 Å². The number of hydrogen-bond donors (Lipinski definition) is 2. The van der Waals surface area contributed by atoms with Gasteiger partial charge in [-0.05, 0) is 26.8 Å². The van der Waals surface area contributed by atoms with Crippen molar-refractivity contribution in [2.24, 2.45) is 0 Å². The van der Waals surface area contributed by atoms with E-state index in [2.05, 4.69) is 5.32 Å². The van der Waals surface area contributed by atoms with Gasteiger partial charge < -0.3 is 15.2 Å². The Bertz CT molecular complexity index is 531. The summed E-state index contributed by atoms with van der Waals surface area (Å²) < 4.78 is 46.0. The van der Waals surface area contributed by atoms with Gasteiger partial charge in [-0.3, -0.25) is 0 Å². The Morgan fingerprint density at radius 3 is 2.45 bits per heavy atom. The largest absolute Gasteiger partial charge is 0.444 e. The average molecular weight is 319 g/mol. The number of alkyl halides is 1. The van der Waals surface area contributed by atoms with Crippen molar-refractivity contribution in [3.05, 3.63) is 35.4 Å². The molecule has 0 aliphatic rings. The molecule has 1 amide bonds. The minimum Gasteiger partial charge on any atom is -0.444 e. The van der Waals surface area contributed by atoms with Crippen molar-refractivity contribution in [2.75, 3.05) is 13.3 Å². The molecule has 7 heteroatoms. The molecule has 1 rings (SSSR count). The third-order valence-electron chi connectivity index (χ3n) is 2.97. The number of halogens is 3. The van der Waals surface area contributed by atoms with Crippen LogP contribution in [0, 0.1) is 11.6 Å². The Morgan fingerprint density at radius 2 is 1.95 bits per heavy atom. The first-order chi connectivity index (χ1) is 10.1. The topological polar surface area (TPSA) is 58.6 Å². The zero-order valence-electron chi connectivity index (χ0n) is 12.8. The van der Waals surface area contributed by atoms with Crippen molar-refractivity contribution in [1.29, 1.82) is 0 Å². The fraction of sp³-hybridized carbons (Fsp3) is 0.533. The van der Waals surface area contributed by atoms with Gasteiger partial charge in [0.2, 0.25) is 0 Å². The lowest BCUT2D eigenvalue weighted by atomic mass is 9.87. The molecule has 0 bridgehead atoms. The molecular weight excluding hydrogens is 299 g/mol. The Labute approximate surface area is 127 Å². The van der Waals surface area contributed by atoms with E-state index < -0.39 is 42.1 Å². The highest BCUT2D eigenvalue weighted by Crippen LogP contribution is 2.30. The molecule has 0 saturated heterocycles. The second kappa shape index (κ2) is 7.00. The number of aliphatic hydroxyl groups is 1. The summed E-state index contributed by atoms with van der Waals surface area (Å²) in [6.07, 6.45) is -1.31. The molecule has 0 unspecified atom stereocenters. The van der Waals surface area contributed by atoms with Gasteiger partial charge in [0.05, 0.1) is 0 Å². The predicted molar refractivity (Wildman–Crippen MR) is 75.1 cm³/mol. The number of amides is 1. The van der Waals surface area contributed by atoms with E-state index in [-0.39, 0.29) is 12.0 Å². The molecule has 2 N–H and O–H groups in total. The van der Waals surface area contributed by atoms with E-state index in [9.17, 15) is 18.0 Å². The summed E-state index contributed by atoms with van der Waals surface area (Å²) >= 11 is 0. The molecule has 0 aliphatic heterocycles. The van der Waals surface area contributed by atoms with E-state index >= 15 is 0 Å². The molecule has 0 heterocycles. The van der Waals surface area contributed by atoms with E-state index in [0.29, 0.717) is 0 Å². The smallest absolute Gasteiger partial charge is 0.408 e. The Hall–Kier alpha value is -1.76. The van der Waals surface area contributed by atoms with Crippen molar-refractivity contribution >= 4 is 6.09 Å². The molecule has 1 aromatic rings. The van der Waals surface area contributed by atoms with Gasteiger partial charge in [-0.15, -0.1) is 0 Å². The Kier molecular flexibility index (Phi) is 5.82. The molecule has 124 valence electrons. The summed E-state index contributed by atoms with van der Waals surface area (Å²) in [5, 5.41) is 11.3. The van der Waals surface area contributed by atoms with Gasteiger partial charge >= 0.3 is 6.09 Å². The molecule has 0 spiro atoms. The number of ether oxygens (including phenoxy) is 1. The fourth-order valence-corrected chi connectivity index (χ4v) is 2.00. The van der Waals surface area contributed by atoms with Crippen LogP contribution in [0.15, 0.2) is 18.2 Å². The van der Waals surface area contributed by atoms with Crippen molar-refractivity contribution in [3.8, 4) is 0 Å². The SMILES string of the molecule is CC(C)(C)OC(=O)N[C@@](CF)(CCO)c1cccc(F)c1F. The van der Waals surface area contributed by atoms with Gasteiger partial charge in [-0.25, -0.2) is 18.0 Å². The highest BCUT2D eigenvalue weighted by atomic mass is 19.2. The summed E-state index contributed by atoms with van der Waals surface area (Å²) in [6.45, 7) is 3.07. The van der Waals surface area contributed by atoms with E-state index in [0.717, 1.165) is 12.1 Å². The lowest BCUT2D eigenvalue weighted by Gasteiger charge is -2.33. The highest BCUT2D eigenvalue weighted by molar-refractivity contribution is 5.69. The molecule has 1 atom stereocenters. The molecule has 0 saturated carbocycles. The van der Waals surface area contributed by atoms with E-state index in [1.165, 1.54) is 6.07 Å². The van der Waals surface area contributed by atoms with Gasteiger partial charge in [0.15, 0.2) is 11.6 Å². The van der Waals surface area contributed by atoms with Crippen LogP contribution in [-0.4, -0.2) is 30.1 Å². The normalized spacial score (nSPS) is 14.3. The number of benzene rings is 1. The van der Waals surface area contributed by atoms with Gasteiger partial charge in [0.1, 0.15) is 17.8 Å². The molecule has 0 aliphatic carbocycles. The second-order valence-corrected chi connectivity index (χ2v) is 5.92. The van der Waals surface area contributed by atoms with Crippen LogP contribution in [-0.2, 0) is 10.3 Å². The number of carbonyl (C=O) groups excluding carboxylic acids is 1. The minimum atomic E-state index is -1.90. The van der Waals surface area contributed by atoms with E-state index in [1.54, 1.807) is 20.8 Å². The zero-order valence-corrected chi connectivity index (χ0v) is 12.8. The average Bonchev–Trinajstić information content (AvgIpc) is 2.39. The quantitative estimate of drug-likeness (QED) is 0.877. The van der Waals surface area contributed by atoms with Gasteiger partial charge in [0.25, 0.3) is 0 Å². The van der Waals surface area contributed by atoms with Gasteiger partial charge in [0, 0.05) is 18.6 Å². The molecule has 4 nitrogen and oxygen atoms in total. The number of rotatable bonds is 5. The minimum absolute atomic E-state index is 0.330. The summed E-state index contributed by atoms with van der Waals surface area (Å²) in [7, 11) is 0. The Balaban J connectivity index is 3.20. The second-order valence-electron chi connectivity index (χ2n) is 5.92. The lowest BCUT2D eigenvalue weighted by molar-refractivity contribution is 0.0401. The van der Waals surface area contributed by atoms with Crippen molar-refractivity contribution in [2.45, 2.75) is 38.3 Å². The van der Waals surface area contributed by atoms with Crippen molar-refractivity contribution < 1.29 is 27.8 Å². The monoisotopic (exact) mass is 319 g/mol. The first-order valence-corrected chi connectivity index (χ1v) is 6.77. The molecule has 0 aromatic heterocycles. The van der Waals surface area contributed by atoms with Crippen LogP contribution in [0.2, 0.25) is 0 Å². The van der Waals surface area contributed by atoms with Crippen LogP contribution in [0.4, 0.5) is 18.0 Å². The summed E-state index contributed by atoms with van der Waals surface area (Å²) in [4.78, 5) is 11.9. The zero-order chi connectivity index (χ0) is 17.0. The third kappa shape index (κ3) is 4.37. The summed E-state index contributed by atoms with van der Waals surface area (Å²) in [5.41, 5.74) is -3.12. The first-order valence-electron chi connectivity index (χ1n) is 6.77. The Morgan fingerprint density at radius 1 is 1.32 bits per heavy atom. The van der Waals surface area contributed by atoms with Crippen molar-refractivity contribution in [1.82, 2.24) is 5.32 Å². The van der Waals surface area contributed by atoms with Crippen LogP contribution in [0.3, 0.4) is 0 Å². The standard InChI is InChI=1S/C15H20F3NO3/c1-14(2,3)22-13(21)19-15(9-16,7-8-20)10-5-4-6-11(17)12(10)18/h4-6,20H,7-9H2,1-3H3,(H,19,21)/t15-/m1/s1. The maximum Gasteiger partial charge on any atom is 0.408 e. The van der Waals surface area contributed by atoms with E-state index in [4.69, 9.17) is 9.84 Å². The van der Waals surface area contributed by atoms with Crippen LogP contribution < -0.4 is 5.32 Å². The molecule has 22 heavy (non-hydrogen) atoms.